The van der Waals surface area contributed by atoms with Gasteiger partial charge in [0.1, 0.15) is 0 Å². The van der Waals surface area contributed by atoms with Crippen LogP contribution in [0.4, 0.5) is 0 Å². The van der Waals surface area contributed by atoms with Crippen LogP contribution in [0.5, 0.6) is 0 Å². The highest BCUT2D eigenvalue weighted by molar-refractivity contribution is 5.97. The van der Waals surface area contributed by atoms with E-state index in [0.29, 0.717) is 17.9 Å². The van der Waals surface area contributed by atoms with Crippen LogP contribution in [0.1, 0.15) is 12.8 Å². The molecule has 12 heavy (non-hydrogen) atoms. The molecule has 0 amide bonds. The lowest BCUT2D eigenvalue weighted by Gasteiger charge is -2.24. The normalized spacial score (nSPS) is 27.7. The molecule has 2 rings (SSSR count). The first-order chi connectivity index (χ1) is 5.77. The first-order valence-electron chi connectivity index (χ1n) is 4.11. The van der Waals surface area contributed by atoms with Gasteiger partial charge in [0.05, 0.1) is 5.76 Å². The van der Waals surface area contributed by atoms with E-state index in [0.717, 1.165) is 6.42 Å². The summed E-state index contributed by atoms with van der Waals surface area (Å²) in [6.45, 7) is 0. The Labute approximate surface area is 71.4 Å². The lowest BCUT2D eigenvalue weighted by atomic mass is 9.81. The molecule has 1 atom stereocenters. The van der Waals surface area contributed by atoms with Crippen LogP contribution in [0.25, 0.3) is 0 Å². The number of nitrogens with one attached hydrogen (secondary N) is 1. The maximum Gasteiger partial charge on any atom is 0.0932 e. The maximum atomic E-state index is 9.26. The zero-order chi connectivity index (χ0) is 8.55. The molecule has 1 unspecified atom stereocenters. The Bertz CT molecular complexity index is 310. The van der Waals surface area contributed by atoms with Gasteiger partial charge >= 0.3 is 0 Å². The fourth-order valence-electron chi connectivity index (χ4n) is 1.69. The molecule has 0 bridgehead atoms. The monoisotopic (exact) mass is 161 g/mol. The molecule has 0 radical (unpaired) electrons. The van der Waals surface area contributed by atoms with Crippen molar-refractivity contribution in [2.45, 2.75) is 12.8 Å². The number of aliphatic hydroxyl groups excluding tert-OH is 1. The number of hydrogen-bond acceptors (Lipinski definition) is 2. The molecule has 0 aromatic heterocycles. The second kappa shape index (κ2) is 2.63. The zero-order valence-electron chi connectivity index (χ0n) is 6.75. The molecule has 2 N–H and O–H groups in total. The quantitative estimate of drug-likeness (QED) is 0.562. The van der Waals surface area contributed by atoms with Crippen molar-refractivity contribution in [2.24, 2.45) is 5.92 Å². The zero-order valence-corrected chi connectivity index (χ0v) is 6.75. The number of fused-ring (bicyclic) bond motifs is 1. The van der Waals surface area contributed by atoms with Gasteiger partial charge in [-0.1, -0.05) is 17.7 Å². The van der Waals surface area contributed by atoms with E-state index in [1.165, 1.54) is 5.57 Å². The Hall–Kier alpha value is -1.31. The summed E-state index contributed by atoms with van der Waals surface area (Å²) in [5.41, 5.74) is 1.87. The van der Waals surface area contributed by atoms with Crippen LogP contribution in [0.2, 0.25) is 0 Å². The smallest absolute Gasteiger partial charge is 0.0932 e. The molecular weight excluding hydrogens is 150 g/mol. The van der Waals surface area contributed by atoms with Gasteiger partial charge in [-0.2, -0.15) is 0 Å². The van der Waals surface area contributed by atoms with Crippen LogP contribution in [0.15, 0.2) is 35.6 Å². The van der Waals surface area contributed by atoms with Gasteiger partial charge in [-0.05, 0) is 18.6 Å². The molecule has 2 nitrogen and oxygen atoms in total. The van der Waals surface area contributed by atoms with Gasteiger partial charge in [0.2, 0.25) is 0 Å². The summed E-state index contributed by atoms with van der Waals surface area (Å²) in [7, 11) is 0. The highest BCUT2D eigenvalue weighted by Gasteiger charge is 2.23. The molecule has 0 heterocycles. The van der Waals surface area contributed by atoms with E-state index in [2.05, 4.69) is 0 Å². The molecule has 0 spiro atoms. The van der Waals surface area contributed by atoms with Crippen LogP contribution < -0.4 is 0 Å². The molecule has 0 fully saturated rings. The van der Waals surface area contributed by atoms with Crippen LogP contribution in [0, 0.1) is 11.3 Å². The van der Waals surface area contributed by atoms with Crippen LogP contribution in [0.3, 0.4) is 0 Å². The van der Waals surface area contributed by atoms with E-state index < -0.39 is 0 Å². The van der Waals surface area contributed by atoms with E-state index in [4.69, 9.17) is 5.41 Å². The standard InChI is InChI=1S/C10H11NO/c11-10-3-1-2-7-4-5-8(12)6-9(7)10/h1,3-5,9,11-12H,2,6H2. The largest absolute Gasteiger partial charge is 0.512 e. The Balaban J connectivity index is 2.34. The molecular formula is C10H11NO. The average molecular weight is 161 g/mol. The predicted molar refractivity (Wildman–Crippen MR) is 48.4 cm³/mol. The number of aliphatic hydroxyl groups is 1. The minimum absolute atomic E-state index is 0.139. The molecule has 0 aromatic rings. The first-order valence-corrected chi connectivity index (χ1v) is 4.11. The van der Waals surface area contributed by atoms with Crippen LogP contribution in [-0.2, 0) is 0 Å². The fraction of sp³-hybridized carbons (Fsp3) is 0.300. The van der Waals surface area contributed by atoms with Crippen molar-refractivity contribution in [2.75, 3.05) is 0 Å². The van der Waals surface area contributed by atoms with Gasteiger partial charge in [0.25, 0.3) is 0 Å². The summed E-state index contributed by atoms with van der Waals surface area (Å²) >= 11 is 0. The van der Waals surface area contributed by atoms with Crippen molar-refractivity contribution in [3.63, 3.8) is 0 Å². The Morgan fingerprint density at radius 3 is 3.08 bits per heavy atom. The van der Waals surface area contributed by atoms with Gasteiger partial charge in [0.15, 0.2) is 0 Å². The van der Waals surface area contributed by atoms with E-state index in [1.54, 1.807) is 6.08 Å². The molecule has 0 aromatic carbocycles. The third kappa shape index (κ3) is 1.09. The third-order valence-electron chi connectivity index (χ3n) is 2.38. The summed E-state index contributed by atoms with van der Waals surface area (Å²) in [6.07, 6.45) is 9.03. The topological polar surface area (TPSA) is 44.1 Å². The molecule has 2 heteroatoms. The summed E-state index contributed by atoms with van der Waals surface area (Å²) in [5, 5.41) is 16.9. The van der Waals surface area contributed by atoms with Crippen molar-refractivity contribution in [1.29, 1.82) is 5.41 Å². The SMILES string of the molecule is N=C1C=CCC2=CC=C(O)CC12. The van der Waals surface area contributed by atoms with Gasteiger partial charge in [-0.3, -0.25) is 0 Å². The molecule has 0 saturated carbocycles. The van der Waals surface area contributed by atoms with Crippen molar-refractivity contribution in [3.8, 4) is 0 Å². The molecule has 2 aliphatic rings. The van der Waals surface area contributed by atoms with E-state index in [-0.39, 0.29) is 5.92 Å². The fourth-order valence-corrected chi connectivity index (χ4v) is 1.69. The molecule has 0 aliphatic heterocycles. The number of allylic oxidation sites excluding steroid dienone is 6. The summed E-state index contributed by atoms with van der Waals surface area (Å²) in [4.78, 5) is 0. The summed E-state index contributed by atoms with van der Waals surface area (Å²) in [5.74, 6) is 0.531. The summed E-state index contributed by atoms with van der Waals surface area (Å²) < 4.78 is 0. The van der Waals surface area contributed by atoms with Crippen LogP contribution in [-0.4, -0.2) is 10.8 Å². The van der Waals surface area contributed by atoms with Gasteiger partial charge in [-0.25, -0.2) is 0 Å². The minimum atomic E-state index is 0.139. The Morgan fingerprint density at radius 1 is 1.42 bits per heavy atom. The van der Waals surface area contributed by atoms with Gasteiger partial charge in [-0.15, -0.1) is 0 Å². The van der Waals surface area contributed by atoms with Crippen molar-refractivity contribution >= 4 is 5.71 Å². The van der Waals surface area contributed by atoms with E-state index >= 15 is 0 Å². The van der Waals surface area contributed by atoms with Gasteiger partial charge in [0, 0.05) is 18.1 Å². The lowest BCUT2D eigenvalue weighted by molar-refractivity contribution is 0.375. The lowest BCUT2D eigenvalue weighted by Crippen LogP contribution is -2.19. The number of hydrogen-bond donors (Lipinski definition) is 2. The molecule has 0 saturated heterocycles. The summed E-state index contributed by atoms with van der Waals surface area (Å²) in [6, 6.07) is 0. The Kier molecular flexibility index (Phi) is 1.61. The minimum Gasteiger partial charge on any atom is -0.512 e. The molecule has 2 aliphatic carbocycles. The first kappa shape index (κ1) is 7.35. The van der Waals surface area contributed by atoms with Gasteiger partial charge < -0.3 is 10.5 Å². The molecule has 62 valence electrons. The van der Waals surface area contributed by atoms with E-state index in [1.807, 2.05) is 18.2 Å². The predicted octanol–water partition coefficient (Wildman–Crippen LogP) is 2.35. The van der Waals surface area contributed by atoms with Crippen molar-refractivity contribution in [3.05, 3.63) is 35.6 Å². The second-order valence-electron chi connectivity index (χ2n) is 3.22. The third-order valence-corrected chi connectivity index (χ3v) is 2.38. The number of rotatable bonds is 0. The van der Waals surface area contributed by atoms with Crippen LogP contribution >= 0.6 is 0 Å². The van der Waals surface area contributed by atoms with Crippen molar-refractivity contribution < 1.29 is 5.11 Å². The van der Waals surface area contributed by atoms with E-state index in [9.17, 15) is 5.11 Å². The average Bonchev–Trinajstić information content (AvgIpc) is 2.07. The maximum absolute atomic E-state index is 9.26. The highest BCUT2D eigenvalue weighted by Crippen LogP contribution is 2.30. The Morgan fingerprint density at radius 2 is 2.25 bits per heavy atom. The highest BCUT2D eigenvalue weighted by atomic mass is 16.3. The second-order valence-corrected chi connectivity index (χ2v) is 3.22. The van der Waals surface area contributed by atoms with Crippen molar-refractivity contribution in [1.82, 2.24) is 0 Å².